The highest BCUT2D eigenvalue weighted by Gasteiger charge is 2.31. The van der Waals surface area contributed by atoms with E-state index in [1.165, 1.54) is 21.9 Å². The Morgan fingerprint density at radius 2 is 1.59 bits per heavy atom. The van der Waals surface area contributed by atoms with Crippen LogP contribution in [0.15, 0.2) is 41.3 Å². The van der Waals surface area contributed by atoms with Crippen molar-refractivity contribution in [3.8, 4) is 11.5 Å². The number of benzene rings is 2. The van der Waals surface area contributed by atoms with Gasteiger partial charge in [-0.25, -0.2) is 8.42 Å². The third-order valence-electron chi connectivity index (χ3n) is 6.47. The summed E-state index contributed by atoms with van der Waals surface area (Å²) in [6.07, 6.45) is 4.53. The van der Waals surface area contributed by atoms with Crippen LogP contribution in [0.5, 0.6) is 11.5 Å². The van der Waals surface area contributed by atoms with Gasteiger partial charge in [-0.3, -0.25) is 4.79 Å². The normalized spacial score (nSPS) is 18.8. The Balaban J connectivity index is 1.22. The average Bonchev–Trinajstić information content (AvgIpc) is 3.14. The fraction of sp³-hybridized carbons (Fsp3) is 0.458. The van der Waals surface area contributed by atoms with Crippen LogP contribution in [-0.4, -0.2) is 62.9 Å². The summed E-state index contributed by atoms with van der Waals surface area (Å²) < 4.78 is 39.0. The van der Waals surface area contributed by atoms with Crippen LogP contribution in [0, 0.1) is 0 Å². The molecule has 0 spiro atoms. The topological polar surface area (TPSA) is 76.2 Å². The molecular formula is C24H28N2O5S. The average molecular weight is 457 g/mol. The number of rotatable bonds is 4. The fourth-order valence-electron chi connectivity index (χ4n) is 4.65. The Morgan fingerprint density at radius 1 is 0.844 bits per heavy atom. The first-order chi connectivity index (χ1) is 15.5. The number of piperazine rings is 1. The molecule has 0 radical (unpaired) electrons. The maximum atomic E-state index is 13.2. The van der Waals surface area contributed by atoms with Crippen molar-refractivity contribution in [2.24, 2.45) is 0 Å². The maximum Gasteiger partial charge on any atom is 0.243 e. The van der Waals surface area contributed by atoms with E-state index in [-0.39, 0.29) is 23.9 Å². The third kappa shape index (κ3) is 4.21. The molecule has 0 aromatic heterocycles. The van der Waals surface area contributed by atoms with E-state index in [1.807, 2.05) is 6.07 Å². The van der Waals surface area contributed by atoms with Gasteiger partial charge < -0.3 is 14.4 Å². The van der Waals surface area contributed by atoms with E-state index in [0.717, 1.165) is 24.8 Å². The summed E-state index contributed by atoms with van der Waals surface area (Å²) >= 11 is 0. The number of aryl methyl sites for hydroxylation is 2. The quantitative estimate of drug-likeness (QED) is 0.706. The Kier molecular flexibility index (Phi) is 5.82. The summed E-state index contributed by atoms with van der Waals surface area (Å²) in [5, 5.41) is 0. The lowest BCUT2D eigenvalue weighted by atomic mass is 10.0. The highest BCUT2D eigenvalue weighted by Crippen LogP contribution is 2.33. The number of ether oxygens (including phenoxy) is 2. The van der Waals surface area contributed by atoms with Crippen LogP contribution in [0.2, 0.25) is 0 Å². The van der Waals surface area contributed by atoms with Gasteiger partial charge in [0, 0.05) is 38.7 Å². The minimum Gasteiger partial charge on any atom is -0.490 e. The van der Waals surface area contributed by atoms with Crippen molar-refractivity contribution >= 4 is 15.9 Å². The predicted octanol–water partition coefficient (Wildman–Crippen LogP) is 2.41. The van der Waals surface area contributed by atoms with Crippen LogP contribution >= 0.6 is 0 Å². The Bertz CT molecular complexity index is 1120. The van der Waals surface area contributed by atoms with E-state index < -0.39 is 10.0 Å². The summed E-state index contributed by atoms with van der Waals surface area (Å²) in [7, 11) is -3.66. The Morgan fingerprint density at radius 3 is 2.41 bits per heavy atom. The molecule has 2 heterocycles. The molecule has 170 valence electrons. The van der Waals surface area contributed by atoms with Crippen molar-refractivity contribution < 1.29 is 22.7 Å². The van der Waals surface area contributed by atoms with E-state index in [9.17, 15) is 13.2 Å². The second-order valence-corrected chi connectivity index (χ2v) is 10.5. The summed E-state index contributed by atoms with van der Waals surface area (Å²) in [6, 6.07) is 11.1. The molecule has 1 amide bonds. The van der Waals surface area contributed by atoms with Crippen molar-refractivity contribution in [2.45, 2.75) is 37.0 Å². The van der Waals surface area contributed by atoms with Gasteiger partial charge in [0.2, 0.25) is 15.9 Å². The zero-order valence-electron chi connectivity index (χ0n) is 18.1. The van der Waals surface area contributed by atoms with E-state index >= 15 is 0 Å². The zero-order chi connectivity index (χ0) is 22.1. The molecular weight excluding hydrogens is 428 g/mol. The predicted molar refractivity (Wildman–Crippen MR) is 120 cm³/mol. The lowest BCUT2D eigenvalue weighted by molar-refractivity contribution is -0.131. The highest BCUT2D eigenvalue weighted by atomic mass is 32.2. The number of amides is 1. The van der Waals surface area contributed by atoms with E-state index in [1.54, 1.807) is 23.1 Å². The van der Waals surface area contributed by atoms with Crippen molar-refractivity contribution in [1.82, 2.24) is 9.21 Å². The van der Waals surface area contributed by atoms with Crippen LogP contribution in [0.25, 0.3) is 0 Å². The number of hydrogen-bond donors (Lipinski definition) is 0. The molecule has 5 rings (SSSR count). The molecule has 0 saturated carbocycles. The second kappa shape index (κ2) is 8.75. The lowest BCUT2D eigenvalue weighted by Crippen LogP contribution is -2.50. The molecule has 1 fully saturated rings. The maximum absolute atomic E-state index is 13.2. The third-order valence-corrected chi connectivity index (χ3v) is 8.36. The van der Waals surface area contributed by atoms with Crippen LogP contribution in [0.1, 0.15) is 29.5 Å². The van der Waals surface area contributed by atoms with E-state index in [4.69, 9.17) is 9.47 Å². The first-order valence-corrected chi connectivity index (χ1v) is 12.7. The zero-order valence-corrected chi connectivity index (χ0v) is 18.9. The number of carbonyl (C=O) groups excluding carboxylic acids is 1. The molecule has 0 unspecified atom stereocenters. The molecule has 32 heavy (non-hydrogen) atoms. The summed E-state index contributed by atoms with van der Waals surface area (Å²) in [5.74, 6) is 1.09. The lowest BCUT2D eigenvalue weighted by Gasteiger charge is -2.34. The van der Waals surface area contributed by atoms with Gasteiger partial charge in [0.05, 0.1) is 24.5 Å². The molecule has 8 heteroatoms. The van der Waals surface area contributed by atoms with Gasteiger partial charge in [0.25, 0.3) is 0 Å². The first-order valence-electron chi connectivity index (χ1n) is 11.3. The second-order valence-electron chi connectivity index (χ2n) is 8.58. The SMILES string of the molecule is O=C(Cc1ccc2c(c1)CCC2)N1CCN(S(=O)(=O)c2ccc3c(c2)OCCCO3)CC1. The summed E-state index contributed by atoms with van der Waals surface area (Å²) in [6.45, 7) is 2.42. The standard InChI is InChI=1S/C24H28N2O5S/c27-24(16-18-5-6-19-3-1-4-20(19)15-18)25-9-11-26(12-10-25)32(28,29)21-7-8-22-23(17-21)31-14-2-13-30-22/h5-8,15,17H,1-4,9-14,16H2. The van der Waals surface area contributed by atoms with Crippen molar-refractivity contribution in [1.29, 1.82) is 0 Å². The molecule has 2 aromatic carbocycles. The van der Waals surface area contributed by atoms with Crippen molar-refractivity contribution in [3.05, 3.63) is 53.1 Å². The van der Waals surface area contributed by atoms with Crippen molar-refractivity contribution in [2.75, 3.05) is 39.4 Å². The van der Waals surface area contributed by atoms with Gasteiger partial charge in [-0.2, -0.15) is 4.31 Å². The van der Waals surface area contributed by atoms with Gasteiger partial charge in [-0.1, -0.05) is 18.2 Å². The van der Waals surface area contributed by atoms with Crippen LogP contribution < -0.4 is 9.47 Å². The van der Waals surface area contributed by atoms with Crippen LogP contribution in [0.4, 0.5) is 0 Å². The molecule has 2 aromatic rings. The van der Waals surface area contributed by atoms with E-state index in [0.29, 0.717) is 44.2 Å². The number of hydrogen-bond acceptors (Lipinski definition) is 5. The van der Waals surface area contributed by atoms with Crippen LogP contribution in [0.3, 0.4) is 0 Å². The Labute approximate surface area is 189 Å². The molecule has 0 N–H and O–H groups in total. The fourth-order valence-corrected chi connectivity index (χ4v) is 6.09. The monoisotopic (exact) mass is 456 g/mol. The van der Waals surface area contributed by atoms with Gasteiger partial charge in [-0.05, 0) is 48.1 Å². The van der Waals surface area contributed by atoms with Gasteiger partial charge in [-0.15, -0.1) is 0 Å². The van der Waals surface area contributed by atoms with Crippen LogP contribution in [-0.2, 0) is 34.1 Å². The Hall–Kier alpha value is -2.58. The molecule has 2 aliphatic heterocycles. The molecule has 3 aliphatic rings. The number of nitrogens with zero attached hydrogens (tertiary/aromatic N) is 2. The number of sulfonamides is 1. The minimum absolute atomic E-state index is 0.0515. The smallest absolute Gasteiger partial charge is 0.243 e. The first kappa shape index (κ1) is 21.3. The minimum atomic E-state index is -3.66. The van der Waals surface area contributed by atoms with Gasteiger partial charge in [0.15, 0.2) is 11.5 Å². The van der Waals surface area contributed by atoms with Crippen molar-refractivity contribution in [3.63, 3.8) is 0 Å². The molecule has 1 aliphatic carbocycles. The molecule has 0 bridgehead atoms. The summed E-state index contributed by atoms with van der Waals surface area (Å²) in [5.41, 5.74) is 3.80. The molecule has 7 nitrogen and oxygen atoms in total. The molecule has 0 atom stereocenters. The van der Waals surface area contributed by atoms with Gasteiger partial charge >= 0.3 is 0 Å². The number of carbonyl (C=O) groups is 1. The van der Waals surface area contributed by atoms with Gasteiger partial charge in [0.1, 0.15) is 0 Å². The largest absolute Gasteiger partial charge is 0.490 e. The van der Waals surface area contributed by atoms with E-state index in [2.05, 4.69) is 12.1 Å². The molecule has 1 saturated heterocycles. The highest BCUT2D eigenvalue weighted by molar-refractivity contribution is 7.89. The summed E-state index contributed by atoms with van der Waals surface area (Å²) in [4.78, 5) is 14.8. The number of fused-ring (bicyclic) bond motifs is 2.